The van der Waals surface area contributed by atoms with Gasteiger partial charge in [-0.1, -0.05) is 26.0 Å². The van der Waals surface area contributed by atoms with Gasteiger partial charge in [0.2, 0.25) is 10.0 Å². The number of nitriles is 1. The Morgan fingerprint density at radius 1 is 1.24 bits per heavy atom. The highest BCUT2D eigenvalue weighted by molar-refractivity contribution is 7.89. The van der Waals surface area contributed by atoms with Crippen molar-refractivity contribution in [3.8, 4) is 17.6 Å². The van der Waals surface area contributed by atoms with Crippen LogP contribution in [0.1, 0.15) is 36.5 Å². The number of rotatable bonds is 9. The van der Waals surface area contributed by atoms with Crippen molar-refractivity contribution >= 4 is 16.0 Å². The first-order valence-electron chi connectivity index (χ1n) is 8.84. The molecule has 0 saturated heterocycles. The van der Waals surface area contributed by atoms with Crippen LogP contribution in [0.5, 0.6) is 11.5 Å². The molecule has 0 aliphatic carbocycles. The summed E-state index contributed by atoms with van der Waals surface area (Å²) in [6, 6.07) is 10.8. The van der Waals surface area contributed by atoms with E-state index in [1.165, 1.54) is 6.07 Å². The number of hydrogen-bond acceptors (Lipinski definition) is 6. The SMILES string of the molecule is CC(C)c1ccc(CCNS(=O)(=O)c2cc(C#N)ccc2O)c(OCC(=O)O)c1. The van der Waals surface area contributed by atoms with Gasteiger partial charge in [-0.3, -0.25) is 0 Å². The molecule has 3 N–H and O–H groups in total. The number of phenols is 1. The highest BCUT2D eigenvalue weighted by Crippen LogP contribution is 2.26. The van der Waals surface area contributed by atoms with Crippen LogP contribution >= 0.6 is 0 Å². The zero-order valence-corrected chi connectivity index (χ0v) is 16.9. The van der Waals surface area contributed by atoms with Crippen LogP contribution < -0.4 is 9.46 Å². The lowest BCUT2D eigenvalue weighted by Gasteiger charge is -2.14. The van der Waals surface area contributed by atoms with Crippen molar-refractivity contribution in [2.75, 3.05) is 13.2 Å². The van der Waals surface area contributed by atoms with Gasteiger partial charge in [0.15, 0.2) is 6.61 Å². The number of ether oxygens (including phenoxy) is 1. The van der Waals surface area contributed by atoms with Crippen molar-refractivity contribution in [2.24, 2.45) is 0 Å². The predicted octanol–water partition coefficient (Wildman–Crippen LogP) is 2.37. The van der Waals surface area contributed by atoms with Gasteiger partial charge in [-0.15, -0.1) is 0 Å². The van der Waals surface area contributed by atoms with Gasteiger partial charge in [0.1, 0.15) is 16.4 Å². The van der Waals surface area contributed by atoms with Crippen molar-refractivity contribution in [3.63, 3.8) is 0 Å². The second kappa shape index (κ2) is 9.41. The van der Waals surface area contributed by atoms with Crippen LogP contribution in [-0.2, 0) is 21.2 Å². The molecule has 29 heavy (non-hydrogen) atoms. The molecule has 2 rings (SSSR count). The molecular weight excluding hydrogens is 396 g/mol. The van der Waals surface area contributed by atoms with Crippen LogP contribution in [0.15, 0.2) is 41.3 Å². The van der Waals surface area contributed by atoms with E-state index in [4.69, 9.17) is 15.1 Å². The van der Waals surface area contributed by atoms with Crippen molar-refractivity contribution < 1.29 is 28.2 Å². The van der Waals surface area contributed by atoms with Crippen molar-refractivity contribution in [1.29, 1.82) is 5.26 Å². The third kappa shape index (κ3) is 5.94. The van der Waals surface area contributed by atoms with Crippen LogP contribution in [0.4, 0.5) is 0 Å². The summed E-state index contributed by atoms with van der Waals surface area (Å²) in [5, 5.41) is 27.6. The molecule has 0 radical (unpaired) electrons. The molecular formula is C20H22N2O6S. The highest BCUT2D eigenvalue weighted by Gasteiger charge is 2.19. The van der Waals surface area contributed by atoms with Gasteiger partial charge in [0.05, 0.1) is 11.6 Å². The zero-order valence-electron chi connectivity index (χ0n) is 16.0. The summed E-state index contributed by atoms with van der Waals surface area (Å²) in [4.78, 5) is 10.4. The first-order valence-corrected chi connectivity index (χ1v) is 10.3. The maximum atomic E-state index is 12.5. The number of sulfonamides is 1. The zero-order chi connectivity index (χ0) is 21.6. The number of hydrogen-bond donors (Lipinski definition) is 3. The van der Waals surface area contributed by atoms with E-state index in [9.17, 15) is 18.3 Å². The third-order valence-corrected chi connectivity index (χ3v) is 5.66. The number of carbonyl (C=O) groups is 1. The van der Waals surface area contributed by atoms with E-state index in [1.54, 1.807) is 12.1 Å². The number of phenolic OH excluding ortho intramolecular Hbond substituents is 1. The Balaban J connectivity index is 2.17. The highest BCUT2D eigenvalue weighted by atomic mass is 32.2. The Labute approximate surface area is 169 Å². The first-order chi connectivity index (χ1) is 13.6. The molecule has 0 unspecified atom stereocenters. The summed E-state index contributed by atoms with van der Waals surface area (Å²) < 4.78 is 32.7. The van der Waals surface area contributed by atoms with Gasteiger partial charge < -0.3 is 14.9 Å². The molecule has 2 aromatic rings. The third-order valence-electron chi connectivity index (χ3n) is 4.17. The van der Waals surface area contributed by atoms with Crippen LogP contribution in [0, 0.1) is 11.3 Å². The average molecular weight is 418 g/mol. The number of benzene rings is 2. The topological polar surface area (TPSA) is 137 Å². The van der Waals surface area contributed by atoms with Gasteiger partial charge in [-0.05, 0) is 47.7 Å². The minimum Gasteiger partial charge on any atom is -0.507 e. The van der Waals surface area contributed by atoms with Gasteiger partial charge in [0.25, 0.3) is 0 Å². The monoisotopic (exact) mass is 418 g/mol. The molecule has 0 aliphatic heterocycles. The van der Waals surface area contributed by atoms with Crippen molar-refractivity contribution in [3.05, 3.63) is 53.1 Å². The number of nitrogens with zero attached hydrogens (tertiary/aromatic N) is 1. The lowest BCUT2D eigenvalue weighted by molar-refractivity contribution is -0.139. The lowest BCUT2D eigenvalue weighted by Crippen LogP contribution is -2.26. The van der Waals surface area contributed by atoms with Crippen molar-refractivity contribution in [1.82, 2.24) is 4.72 Å². The van der Waals surface area contributed by atoms with Crippen LogP contribution in [0.3, 0.4) is 0 Å². The van der Waals surface area contributed by atoms with Gasteiger partial charge in [0, 0.05) is 6.54 Å². The molecule has 0 spiro atoms. The summed E-state index contributed by atoms with van der Waals surface area (Å²) in [5.41, 5.74) is 1.72. The quantitative estimate of drug-likeness (QED) is 0.568. The fourth-order valence-corrected chi connectivity index (χ4v) is 3.76. The maximum Gasteiger partial charge on any atom is 0.341 e. The molecule has 0 atom stereocenters. The fourth-order valence-electron chi connectivity index (χ4n) is 2.61. The van der Waals surface area contributed by atoms with E-state index < -0.39 is 28.3 Å². The van der Waals surface area contributed by atoms with E-state index in [-0.39, 0.29) is 29.3 Å². The van der Waals surface area contributed by atoms with Crippen LogP contribution in [-0.4, -0.2) is 37.8 Å². The molecule has 0 heterocycles. The first kappa shape index (κ1) is 22.2. The Hall–Kier alpha value is -3.09. The number of carboxylic acid groups (broad SMARTS) is 1. The fraction of sp³-hybridized carbons (Fsp3) is 0.300. The number of aliphatic carboxylic acids is 1. The maximum absolute atomic E-state index is 12.5. The summed E-state index contributed by atoms with van der Waals surface area (Å²) >= 11 is 0. The van der Waals surface area contributed by atoms with Gasteiger partial charge in [-0.2, -0.15) is 5.26 Å². The average Bonchev–Trinajstić information content (AvgIpc) is 2.66. The standard InChI is InChI=1S/C20H22N2O6S/c1-13(2)16-5-4-15(18(10-16)28-12-20(24)25)7-8-22-29(26,27)19-9-14(11-21)3-6-17(19)23/h3-6,9-10,13,22-23H,7-8,12H2,1-2H3,(H,24,25). The molecule has 8 nitrogen and oxygen atoms in total. The molecule has 0 fully saturated rings. The Morgan fingerprint density at radius 2 is 1.97 bits per heavy atom. The summed E-state index contributed by atoms with van der Waals surface area (Å²) in [5.74, 6) is -0.972. The second-order valence-electron chi connectivity index (χ2n) is 6.65. The van der Waals surface area contributed by atoms with Gasteiger partial charge in [-0.25, -0.2) is 17.9 Å². The second-order valence-corrected chi connectivity index (χ2v) is 8.38. The minimum absolute atomic E-state index is 0.0109. The van der Waals surface area contributed by atoms with Crippen LogP contribution in [0.2, 0.25) is 0 Å². The van der Waals surface area contributed by atoms with E-state index in [1.807, 2.05) is 26.0 Å². The number of nitrogens with one attached hydrogen (secondary N) is 1. The normalized spacial score (nSPS) is 11.2. The van der Waals surface area contributed by atoms with Gasteiger partial charge >= 0.3 is 5.97 Å². The largest absolute Gasteiger partial charge is 0.507 e. The number of carboxylic acids is 1. The predicted molar refractivity (Wildman–Crippen MR) is 105 cm³/mol. The summed E-state index contributed by atoms with van der Waals surface area (Å²) in [6.45, 7) is 3.47. The Morgan fingerprint density at radius 3 is 2.59 bits per heavy atom. The summed E-state index contributed by atoms with van der Waals surface area (Å²) in [6.07, 6.45) is 0.241. The molecule has 2 aromatic carbocycles. The Bertz CT molecular complexity index is 1040. The van der Waals surface area contributed by atoms with E-state index >= 15 is 0 Å². The molecule has 0 amide bonds. The van der Waals surface area contributed by atoms with Crippen LogP contribution in [0.25, 0.3) is 0 Å². The van der Waals surface area contributed by atoms with Crippen molar-refractivity contribution in [2.45, 2.75) is 31.1 Å². The van der Waals surface area contributed by atoms with E-state index in [0.29, 0.717) is 11.3 Å². The molecule has 154 valence electrons. The minimum atomic E-state index is -4.04. The summed E-state index contributed by atoms with van der Waals surface area (Å²) in [7, 11) is -4.04. The van der Waals surface area contributed by atoms with E-state index in [0.717, 1.165) is 17.7 Å². The molecule has 0 aromatic heterocycles. The molecule has 0 aliphatic rings. The van der Waals surface area contributed by atoms with E-state index in [2.05, 4.69) is 4.72 Å². The Kier molecular flexibility index (Phi) is 7.20. The number of aromatic hydroxyl groups is 1. The molecule has 0 saturated carbocycles. The lowest BCUT2D eigenvalue weighted by atomic mass is 10.00. The molecule has 0 bridgehead atoms. The molecule has 9 heteroatoms. The smallest absolute Gasteiger partial charge is 0.341 e.